The van der Waals surface area contributed by atoms with Gasteiger partial charge in [0.05, 0.1) is 0 Å². The van der Waals surface area contributed by atoms with Gasteiger partial charge in [0.2, 0.25) is 0 Å². The van der Waals surface area contributed by atoms with Crippen LogP contribution in [0.25, 0.3) is 0 Å². The molecule has 0 heterocycles. The third-order valence-corrected chi connectivity index (χ3v) is 6.05. The summed E-state index contributed by atoms with van der Waals surface area (Å²) in [5.74, 6) is 1.82. The molecule has 0 atom stereocenters. The molecule has 2 rings (SSSR count). The number of hydrogen-bond acceptors (Lipinski definition) is 2. The van der Waals surface area contributed by atoms with Crippen LogP contribution in [0.5, 0.6) is 0 Å². The third kappa shape index (κ3) is 4.03. The molecule has 0 amide bonds. The lowest BCUT2D eigenvalue weighted by Gasteiger charge is -2.15. The number of carbonyl (C=O) groups excluding carboxylic acids is 1. The number of rotatable bonds is 7. The maximum atomic E-state index is 13.5. The minimum atomic E-state index is -2.74. The second-order valence-corrected chi connectivity index (χ2v) is 7.46. The summed E-state index contributed by atoms with van der Waals surface area (Å²) in [6, 6.07) is 19.1. The molecule has 0 aliphatic carbocycles. The van der Waals surface area contributed by atoms with E-state index in [2.05, 4.69) is 0 Å². The highest BCUT2D eigenvalue weighted by atomic mass is 31.2. The highest BCUT2D eigenvalue weighted by Gasteiger charge is 2.23. The van der Waals surface area contributed by atoms with Gasteiger partial charge in [-0.25, -0.2) is 0 Å². The van der Waals surface area contributed by atoms with Crippen molar-refractivity contribution in [2.24, 2.45) is 0 Å². The van der Waals surface area contributed by atoms with Gasteiger partial charge in [0.25, 0.3) is 0 Å². The van der Waals surface area contributed by atoms with Gasteiger partial charge in [-0.3, -0.25) is 0 Å². The first-order valence-corrected chi connectivity index (χ1v) is 8.87. The van der Waals surface area contributed by atoms with E-state index in [0.29, 0.717) is 6.42 Å². The van der Waals surface area contributed by atoms with Crippen molar-refractivity contribution in [3.8, 4) is 0 Å². The zero-order valence-electron chi connectivity index (χ0n) is 11.9. The van der Waals surface area contributed by atoms with Crippen molar-refractivity contribution < 1.29 is 9.36 Å². The van der Waals surface area contributed by atoms with Gasteiger partial charge in [-0.1, -0.05) is 66.7 Å². The fourth-order valence-corrected chi connectivity index (χ4v) is 4.48. The van der Waals surface area contributed by atoms with E-state index in [4.69, 9.17) is 0 Å². The summed E-state index contributed by atoms with van der Waals surface area (Å²) in [5.41, 5.74) is 0. The van der Waals surface area contributed by atoms with E-state index in [1.54, 1.807) is 0 Å². The molecule has 0 bridgehead atoms. The average molecular weight is 298 g/mol. The average Bonchev–Trinajstić information content (AvgIpc) is 2.56. The normalized spacial score (nSPS) is 11.6. The Morgan fingerprint density at radius 2 is 1.33 bits per heavy atom. The minimum absolute atomic E-state index is 0.547. The summed E-state index contributed by atoms with van der Waals surface area (Å²) in [6.45, 7) is 0. The van der Waals surface area contributed by atoms with Crippen molar-refractivity contribution in [2.75, 3.05) is 0 Å². The number of benzene rings is 2. The monoisotopic (exact) mass is 298 g/mol. The van der Waals surface area contributed by atoms with Crippen LogP contribution in [0.15, 0.2) is 72.6 Å². The first kappa shape index (κ1) is 15.5. The molecule has 2 nitrogen and oxygen atoms in total. The largest absolute Gasteiger partial charge is 0.309 e. The third-order valence-electron chi connectivity index (χ3n) is 3.29. The standard InChI is InChI=1S/C18H19O2P/c19-15-9-1-2-10-16-21(20,17-11-5-3-6-12-17)18-13-7-4-8-14-18/h3-8,10-16H,1-2,9H2/b16-10+. The molecular weight excluding hydrogens is 279 g/mol. The van der Waals surface area contributed by atoms with Crippen molar-refractivity contribution in [3.63, 3.8) is 0 Å². The molecule has 2 aromatic carbocycles. The molecule has 0 saturated carbocycles. The van der Waals surface area contributed by atoms with Gasteiger partial charge in [0, 0.05) is 17.0 Å². The van der Waals surface area contributed by atoms with Crippen LogP contribution >= 0.6 is 7.14 Å². The summed E-state index contributed by atoms with van der Waals surface area (Å²) < 4.78 is 13.5. The summed E-state index contributed by atoms with van der Waals surface area (Å²) in [7, 11) is -2.74. The van der Waals surface area contributed by atoms with Crippen molar-refractivity contribution in [1.82, 2.24) is 0 Å². The minimum Gasteiger partial charge on any atom is -0.309 e. The Bertz CT molecular complexity index is 589. The molecule has 3 heteroatoms. The Morgan fingerprint density at radius 3 is 1.81 bits per heavy atom. The second kappa shape index (κ2) is 7.75. The Hall–Kier alpha value is -1.92. The van der Waals surface area contributed by atoms with E-state index in [9.17, 15) is 9.36 Å². The van der Waals surface area contributed by atoms with E-state index >= 15 is 0 Å². The number of allylic oxidation sites excluding steroid dienone is 1. The highest BCUT2D eigenvalue weighted by Crippen LogP contribution is 2.44. The Balaban J connectivity index is 2.32. The van der Waals surface area contributed by atoms with E-state index in [0.717, 1.165) is 29.7 Å². The molecule has 0 aliphatic rings. The Kier molecular flexibility index (Phi) is 5.71. The number of hydrogen-bond donors (Lipinski definition) is 0. The number of carbonyl (C=O) groups is 1. The van der Waals surface area contributed by atoms with Gasteiger partial charge in [-0.2, -0.15) is 0 Å². The predicted octanol–water partition coefficient (Wildman–Crippen LogP) is 3.88. The van der Waals surface area contributed by atoms with Gasteiger partial charge in [0.15, 0.2) is 7.14 Å². The van der Waals surface area contributed by atoms with E-state index in [-0.39, 0.29) is 0 Å². The second-order valence-electron chi connectivity index (χ2n) is 4.81. The van der Waals surface area contributed by atoms with Crippen LogP contribution in [0.2, 0.25) is 0 Å². The van der Waals surface area contributed by atoms with Crippen molar-refractivity contribution in [1.29, 1.82) is 0 Å². The molecule has 2 aromatic rings. The van der Waals surface area contributed by atoms with E-state index in [1.165, 1.54) is 0 Å². The van der Waals surface area contributed by atoms with Crippen LogP contribution in [-0.2, 0) is 9.36 Å². The first-order chi connectivity index (χ1) is 10.3. The van der Waals surface area contributed by atoms with Gasteiger partial charge in [0.1, 0.15) is 6.29 Å². The van der Waals surface area contributed by atoms with Crippen molar-refractivity contribution in [2.45, 2.75) is 19.3 Å². The molecule has 0 fully saturated rings. The van der Waals surface area contributed by atoms with E-state index in [1.807, 2.05) is 72.6 Å². The van der Waals surface area contributed by atoms with Crippen LogP contribution < -0.4 is 10.6 Å². The zero-order valence-corrected chi connectivity index (χ0v) is 12.8. The van der Waals surface area contributed by atoms with Crippen molar-refractivity contribution >= 4 is 24.0 Å². The van der Waals surface area contributed by atoms with Crippen LogP contribution in [0.4, 0.5) is 0 Å². The van der Waals surface area contributed by atoms with Gasteiger partial charge in [-0.15, -0.1) is 0 Å². The lowest BCUT2D eigenvalue weighted by atomic mass is 10.2. The van der Waals surface area contributed by atoms with Gasteiger partial charge in [-0.05, 0) is 18.7 Å². The lowest BCUT2D eigenvalue weighted by molar-refractivity contribution is -0.107. The van der Waals surface area contributed by atoms with Gasteiger partial charge >= 0.3 is 0 Å². The maximum absolute atomic E-state index is 13.5. The molecule has 0 aromatic heterocycles. The Labute approximate surface area is 125 Å². The van der Waals surface area contributed by atoms with Crippen LogP contribution in [0.1, 0.15) is 19.3 Å². The molecule has 0 aliphatic heterocycles. The molecule has 0 radical (unpaired) electrons. The number of aldehydes is 1. The summed E-state index contributed by atoms with van der Waals surface area (Å²) >= 11 is 0. The first-order valence-electron chi connectivity index (χ1n) is 7.09. The van der Waals surface area contributed by atoms with E-state index < -0.39 is 7.14 Å². The molecule has 0 N–H and O–H groups in total. The molecule has 0 saturated heterocycles. The fourth-order valence-electron chi connectivity index (χ4n) is 2.16. The SMILES string of the molecule is O=CCCC/C=C/P(=O)(c1ccccc1)c1ccccc1. The van der Waals surface area contributed by atoms with Crippen LogP contribution in [-0.4, -0.2) is 6.29 Å². The molecule has 108 valence electrons. The smallest absolute Gasteiger partial charge is 0.163 e. The summed E-state index contributed by atoms with van der Waals surface area (Å²) in [6.07, 6.45) is 4.96. The molecule has 0 spiro atoms. The van der Waals surface area contributed by atoms with Crippen LogP contribution in [0.3, 0.4) is 0 Å². The zero-order chi connectivity index (χ0) is 15.0. The fraction of sp³-hybridized carbons (Fsp3) is 0.167. The summed E-state index contributed by atoms with van der Waals surface area (Å²) in [5, 5.41) is 1.67. The molecular formula is C18H19O2P. The van der Waals surface area contributed by atoms with Crippen molar-refractivity contribution in [3.05, 3.63) is 72.6 Å². The lowest BCUT2D eigenvalue weighted by Crippen LogP contribution is -2.13. The summed E-state index contributed by atoms with van der Waals surface area (Å²) in [4.78, 5) is 10.3. The van der Waals surface area contributed by atoms with Gasteiger partial charge < -0.3 is 9.36 Å². The molecule has 21 heavy (non-hydrogen) atoms. The Morgan fingerprint density at radius 1 is 0.810 bits per heavy atom. The quantitative estimate of drug-likeness (QED) is 0.441. The predicted molar refractivity (Wildman–Crippen MR) is 88.8 cm³/mol. The number of unbranched alkanes of at least 4 members (excludes halogenated alkanes) is 2. The molecule has 0 unspecified atom stereocenters. The van der Waals surface area contributed by atoms with Crippen LogP contribution in [0, 0.1) is 0 Å². The maximum Gasteiger partial charge on any atom is 0.163 e. The highest BCUT2D eigenvalue weighted by molar-refractivity contribution is 7.81. The topological polar surface area (TPSA) is 34.1 Å².